The summed E-state index contributed by atoms with van der Waals surface area (Å²) < 4.78 is 42.6. The van der Waals surface area contributed by atoms with E-state index in [0.29, 0.717) is 13.2 Å². The number of nitrogens with zero attached hydrogens (tertiary/aromatic N) is 1. The highest BCUT2D eigenvalue weighted by molar-refractivity contribution is 6.31. The molecule has 2 nitrogen and oxygen atoms in total. The van der Waals surface area contributed by atoms with Crippen LogP contribution >= 0.6 is 11.6 Å². The molecule has 1 aliphatic heterocycles. The van der Waals surface area contributed by atoms with Gasteiger partial charge in [0.05, 0.1) is 12.1 Å². The number of hydrogen-bond donors (Lipinski definition) is 0. The van der Waals surface area contributed by atoms with E-state index in [-0.39, 0.29) is 16.5 Å². The van der Waals surface area contributed by atoms with E-state index in [9.17, 15) is 13.2 Å². The zero-order chi connectivity index (χ0) is 11.8. The molecule has 0 aromatic heterocycles. The molecule has 2 rings (SSSR count). The molecule has 1 aliphatic rings. The summed E-state index contributed by atoms with van der Waals surface area (Å²) in [6.07, 6.45) is -4.42. The van der Waals surface area contributed by atoms with Crippen molar-refractivity contribution in [1.82, 2.24) is 0 Å². The fourth-order valence-electron chi connectivity index (χ4n) is 1.39. The number of aliphatic imine (C=N–C) groups is 1. The molecule has 0 radical (unpaired) electrons. The lowest BCUT2D eigenvalue weighted by Gasteiger charge is -2.09. The van der Waals surface area contributed by atoms with Gasteiger partial charge in [0.15, 0.2) is 0 Å². The highest BCUT2D eigenvalue weighted by atomic mass is 35.5. The summed E-state index contributed by atoms with van der Waals surface area (Å²) in [4.78, 5) is 3.94. The van der Waals surface area contributed by atoms with Crippen molar-refractivity contribution in [2.24, 2.45) is 4.99 Å². The molecule has 0 bridgehead atoms. The Bertz CT molecular complexity index is 442. The monoisotopic (exact) mass is 249 g/mol. The van der Waals surface area contributed by atoms with Crippen LogP contribution in [0.25, 0.3) is 0 Å². The second-order valence-electron chi connectivity index (χ2n) is 3.26. The van der Waals surface area contributed by atoms with Crippen LogP contribution in [0, 0.1) is 0 Å². The van der Waals surface area contributed by atoms with Crippen molar-refractivity contribution in [3.8, 4) is 0 Å². The van der Waals surface area contributed by atoms with Crippen LogP contribution in [0.4, 0.5) is 13.2 Å². The maximum Gasteiger partial charge on any atom is 0.416 e. The van der Waals surface area contributed by atoms with Crippen molar-refractivity contribution in [1.29, 1.82) is 0 Å². The molecule has 6 heteroatoms. The van der Waals surface area contributed by atoms with E-state index >= 15 is 0 Å². The number of ether oxygens (including phenoxy) is 1. The molecule has 0 N–H and O–H groups in total. The lowest BCUT2D eigenvalue weighted by molar-refractivity contribution is -0.137. The molecule has 16 heavy (non-hydrogen) atoms. The second-order valence-corrected chi connectivity index (χ2v) is 3.70. The molecule has 0 spiro atoms. The zero-order valence-corrected chi connectivity index (χ0v) is 8.77. The van der Waals surface area contributed by atoms with E-state index in [1.54, 1.807) is 0 Å². The van der Waals surface area contributed by atoms with E-state index in [1.807, 2.05) is 0 Å². The highest BCUT2D eigenvalue weighted by Gasteiger charge is 2.31. The van der Waals surface area contributed by atoms with Crippen LogP contribution in [0.15, 0.2) is 23.2 Å². The van der Waals surface area contributed by atoms with Crippen molar-refractivity contribution in [2.75, 3.05) is 13.2 Å². The molecular formula is C10H7ClF3NO. The summed E-state index contributed by atoms with van der Waals surface area (Å²) in [6.45, 7) is 0.854. The third kappa shape index (κ3) is 2.29. The first kappa shape index (κ1) is 11.3. The molecule has 1 aromatic rings. The van der Waals surface area contributed by atoms with Crippen molar-refractivity contribution in [3.05, 3.63) is 34.3 Å². The summed E-state index contributed by atoms with van der Waals surface area (Å²) in [6, 6.07) is 3.26. The Balaban J connectivity index is 2.44. The van der Waals surface area contributed by atoms with Gasteiger partial charge in [-0.1, -0.05) is 11.6 Å². The van der Waals surface area contributed by atoms with E-state index < -0.39 is 11.7 Å². The minimum absolute atomic E-state index is 0.0167. The van der Waals surface area contributed by atoms with Gasteiger partial charge in [0, 0.05) is 10.6 Å². The van der Waals surface area contributed by atoms with Crippen molar-refractivity contribution in [2.45, 2.75) is 6.18 Å². The SMILES string of the molecule is FC(F)(F)c1cc(Cl)cc(C2=NCCO2)c1. The van der Waals surface area contributed by atoms with Gasteiger partial charge in [-0.3, -0.25) is 0 Å². The minimum atomic E-state index is -4.42. The zero-order valence-electron chi connectivity index (χ0n) is 8.01. The summed E-state index contributed by atoms with van der Waals surface area (Å²) >= 11 is 5.62. The lowest BCUT2D eigenvalue weighted by Crippen LogP contribution is -2.08. The van der Waals surface area contributed by atoms with Gasteiger partial charge in [0.2, 0.25) is 5.90 Å². The molecule has 0 aliphatic carbocycles. The molecule has 0 fully saturated rings. The smallest absolute Gasteiger partial charge is 0.416 e. The molecular weight excluding hydrogens is 243 g/mol. The fraction of sp³-hybridized carbons (Fsp3) is 0.300. The average molecular weight is 250 g/mol. The van der Waals surface area contributed by atoms with Crippen LogP contribution in [0.5, 0.6) is 0 Å². The topological polar surface area (TPSA) is 21.6 Å². The second kappa shape index (κ2) is 3.97. The Labute approximate surface area is 94.7 Å². The van der Waals surface area contributed by atoms with Gasteiger partial charge >= 0.3 is 6.18 Å². The molecule has 0 amide bonds. The van der Waals surface area contributed by atoms with Crippen molar-refractivity contribution in [3.63, 3.8) is 0 Å². The van der Waals surface area contributed by atoms with Gasteiger partial charge in [0.1, 0.15) is 6.61 Å². The van der Waals surface area contributed by atoms with Gasteiger partial charge < -0.3 is 4.74 Å². The number of benzene rings is 1. The number of alkyl halides is 3. The molecule has 0 unspecified atom stereocenters. The predicted octanol–water partition coefficient (Wildman–Crippen LogP) is 3.14. The Hall–Kier alpha value is -1.23. The molecule has 0 atom stereocenters. The van der Waals surface area contributed by atoms with Gasteiger partial charge in [0.25, 0.3) is 0 Å². The van der Waals surface area contributed by atoms with E-state index in [4.69, 9.17) is 16.3 Å². The Morgan fingerprint density at radius 1 is 1.25 bits per heavy atom. The van der Waals surface area contributed by atoms with Gasteiger partial charge in [-0.15, -0.1) is 0 Å². The molecule has 1 heterocycles. The average Bonchev–Trinajstić information content (AvgIpc) is 2.68. The molecule has 86 valence electrons. The Kier molecular flexibility index (Phi) is 2.80. The number of hydrogen-bond acceptors (Lipinski definition) is 2. The third-order valence-electron chi connectivity index (χ3n) is 2.06. The predicted molar refractivity (Wildman–Crippen MR) is 53.8 cm³/mol. The molecule has 1 aromatic carbocycles. The normalized spacial score (nSPS) is 15.9. The summed E-state index contributed by atoms with van der Waals surface area (Å²) in [5.74, 6) is 0.216. The molecule has 0 saturated carbocycles. The lowest BCUT2D eigenvalue weighted by atomic mass is 10.1. The van der Waals surface area contributed by atoms with Crippen molar-refractivity contribution >= 4 is 17.5 Å². The van der Waals surface area contributed by atoms with Crippen LogP contribution < -0.4 is 0 Å². The first-order valence-electron chi connectivity index (χ1n) is 4.52. The third-order valence-corrected chi connectivity index (χ3v) is 2.28. The quantitative estimate of drug-likeness (QED) is 0.749. The van der Waals surface area contributed by atoms with Gasteiger partial charge in [-0.05, 0) is 18.2 Å². The van der Waals surface area contributed by atoms with Crippen LogP contribution in [0.2, 0.25) is 5.02 Å². The van der Waals surface area contributed by atoms with Crippen LogP contribution in [0.3, 0.4) is 0 Å². The summed E-state index contributed by atoms with van der Waals surface area (Å²) in [5.41, 5.74) is -0.537. The Morgan fingerprint density at radius 2 is 2.00 bits per heavy atom. The summed E-state index contributed by atoms with van der Waals surface area (Å²) in [7, 11) is 0. The van der Waals surface area contributed by atoms with Gasteiger partial charge in [-0.25, -0.2) is 4.99 Å². The summed E-state index contributed by atoms with van der Waals surface area (Å²) in [5, 5.41) is 0.0167. The maximum absolute atomic E-state index is 12.5. The highest BCUT2D eigenvalue weighted by Crippen LogP contribution is 2.32. The minimum Gasteiger partial charge on any atom is -0.476 e. The number of rotatable bonds is 1. The van der Waals surface area contributed by atoms with E-state index in [0.717, 1.165) is 12.1 Å². The first-order valence-corrected chi connectivity index (χ1v) is 4.90. The largest absolute Gasteiger partial charge is 0.476 e. The number of halogens is 4. The van der Waals surface area contributed by atoms with Crippen molar-refractivity contribution < 1.29 is 17.9 Å². The van der Waals surface area contributed by atoms with Crippen LogP contribution in [-0.4, -0.2) is 19.0 Å². The van der Waals surface area contributed by atoms with E-state index in [1.165, 1.54) is 6.07 Å². The fourth-order valence-corrected chi connectivity index (χ4v) is 1.62. The Morgan fingerprint density at radius 3 is 2.56 bits per heavy atom. The first-order chi connectivity index (χ1) is 7.47. The van der Waals surface area contributed by atoms with Crippen LogP contribution in [-0.2, 0) is 10.9 Å². The standard InChI is InChI=1S/C10H7ClF3NO/c11-8-4-6(9-15-1-2-16-9)3-7(5-8)10(12,13)14/h3-5H,1-2H2. The molecule has 0 saturated heterocycles. The van der Waals surface area contributed by atoms with Crippen LogP contribution in [0.1, 0.15) is 11.1 Å². The maximum atomic E-state index is 12.5. The van der Waals surface area contributed by atoms with E-state index in [2.05, 4.69) is 4.99 Å². The van der Waals surface area contributed by atoms with Gasteiger partial charge in [-0.2, -0.15) is 13.2 Å².